The van der Waals surface area contributed by atoms with Crippen molar-refractivity contribution in [2.24, 2.45) is 0 Å². The van der Waals surface area contributed by atoms with E-state index in [1.54, 1.807) is 16.7 Å². The Kier molecular flexibility index (Phi) is 9.44. The van der Waals surface area contributed by atoms with Crippen molar-refractivity contribution in [1.29, 1.82) is 0 Å². The molecule has 2 aromatic carbocycles. The van der Waals surface area contributed by atoms with Crippen molar-refractivity contribution >= 4 is 23.6 Å². The summed E-state index contributed by atoms with van der Waals surface area (Å²) < 4.78 is 0. The Balaban J connectivity index is 2.09. The summed E-state index contributed by atoms with van der Waals surface area (Å²) in [6, 6.07) is 15.9. The first-order chi connectivity index (χ1) is 14.3. The van der Waals surface area contributed by atoms with Gasteiger partial charge in [0, 0.05) is 18.3 Å². The van der Waals surface area contributed by atoms with Gasteiger partial charge in [-0.05, 0) is 50.8 Å². The summed E-state index contributed by atoms with van der Waals surface area (Å²) in [7, 11) is 0. The Hall–Kier alpha value is -2.27. The van der Waals surface area contributed by atoms with Crippen LogP contribution in [0.25, 0.3) is 0 Å². The minimum atomic E-state index is -0.522. The van der Waals surface area contributed by atoms with Gasteiger partial charge >= 0.3 is 0 Å². The third kappa shape index (κ3) is 7.21. The standard InChI is InChI=1S/C25H34N2O2S/c1-6-20(4)26-25(29)21(5)27(15-22-12-9-10-18(2)14-22)24(28)17-30-16-23-13-8-7-11-19(23)3/h7-14,20-21H,6,15-17H2,1-5H3,(H,26,29)/t20-,21-/m1/s1. The van der Waals surface area contributed by atoms with Gasteiger partial charge in [-0.3, -0.25) is 9.59 Å². The molecule has 0 heterocycles. The van der Waals surface area contributed by atoms with Gasteiger partial charge in [-0.25, -0.2) is 0 Å². The van der Waals surface area contributed by atoms with Crippen molar-refractivity contribution in [3.63, 3.8) is 0 Å². The number of thioether (sulfide) groups is 1. The molecule has 0 aliphatic rings. The molecule has 0 saturated carbocycles. The molecule has 162 valence electrons. The minimum Gasteiger partial charge on any atom is -0.352 e. The molecule has 0 aromatic heterocycles. The first kappa shape index (κ1) is 24.0. The largest absolute Gasteiger partial charge is 0.352 e. The number of rotatable bonds is 10. The molecule has 2 amide bonds. The number of carbonyl (C=O) groups excluding carboxylic acids is 2. The van der Waals surface area contributed by atoms with Crippen LogP contribution in [0.15, 0.2) is 48.5 Å². The zero-order valence-electron chi connectivity index (χ0n) is 18.8. The lowest BCUT2D eigenvalue weighted by Gasteiger charge is -2.29. The van der Waals surface area contributed by atoms with Gasteiger partial charge in [0.2, 0.25) is 11.8 Å². The van der Waals surface area contributed by atoms with E-state index in [9.17, 15) is 9.59 Å². The molecule has 4 nitrogen and oxygen atoms in total. The zero-order valence-corrected chi connectivity index (χ0v) is 19.6. The number of benzene rings is 2. The molecular formula is C25H34N2O2S. The summed E-state index contributed by atoms with van der Waals surface area (Å²) in [6.45, 7) is 10.4. The highest BCUT2D eigenvalue weighted by Gasteiger charge is 2.26. The topological polar surface area (TPSA) is 49.4 Å². The Bertz CT molecular complexity index is 853. The summed E-state index contributed by atoms with van der Waals surface area (Å²) in [5.41, 5.74) is 4.65. The summed E-state index contributed by atoms with van der Waals surface area (Å²) >= 11 is 1.60. The molecule has 0 aliphatic heterocycles. The van der Waals surface area contributed by atoms with E-state index in [-0.39, 0.29) is 17.9 Å². The van der Waals surface area contributed by atoms with Crippen molar-refractivity contribution < 1.29 is 9.59 Å². The van der Waals surface area contributed by atoms with Crippen molar-refractivity contribution in [1.82, 2.24) is 10.2 Å². The third-order valence-electron chi connectivity index (χ3n) is 5.35. The van der Waals surface area contributed by atoms with Crippen LogP contribution in [-0.2, 0) is 21.9 Å². The van der Waals surface area contributed by atoms with Gasteiger partial charge in [0.25, 0.3) is 0 Å². The summed E-state index contributed by atoms with van der Waals surface area (Å²) in [5.74, 6) is 1.02. The van der Waals surface area contributed by atoms with Crippen LogP contribution in [0.1, 0.15) is 49.4 Å². The van der Waals surface area contributed by atoms with E-state index in [2.05, 4.69) is 30.4 Å². The van der Waals surface area contributed by atoms with Crippen molar-refractivity contribution in [2.75, 3.05) is 5.75 Å². The van der Waals surface area contributed by atoms with Crippen LogP contribution in [0, 0.1) is 13.8 Å². The second-order valence-corrected chi connectivity index (χ2v) is 8.91. The molecule has 30 heavy (non-hydrogen) atoms. The Morgan fingerprint density at radius 2 is 1.80 bits per heavy atom. The summed E-state index contributed by atoms with van der Waals surface area (Å²) in [4.78, 5) is 27.6. The van der Waals surface area contributed by atoms with Crippen LogP contribution in [-0.4, -0.2) is 34.6 Å². The fourth-order valence-corrected chi connectivity index (χ4v) is 4.14. The molecule has 0 saturated heterocycles. The molecule has 0 unspecified atom stereocenters. The molecule has 2 aromatic rings. The highest BCUT2D eigenvalue weighted by Crippen LogP contribution is 2.18. The Morgan fingerprint density at radius 1 is 1.07 bits per heavy atom. The van der Waals surface area contributed by atoms with Gasteiger partial charge in [-0.2, -0.15) is 0 Å². The van der Waals surface area contributed by atoms with Crippen LogP contribution in [0.3, 0.4) is 0 Å². The molecule has 2 rings (SSSR count). The van der Waals surface area contributed by atoms with Crippen LogP contribution >= 0.6 is 11.8 Å². The first-order valence-corrected chi connectivity index (χ1v) is 11.7. The van der Waals surface area contributed by atoms with Crippen LogP contribution in [0.5, 0.6) is 0 Å². The predicted octanol–water partition coefficient (Wildman–Crippen LogP) is 4.87. The molecule has 0 radical (unpaired) electrons. The highest BCUT2D eigenvalue weighted by molar-refractivity contribution is 7.99. The quantitative estimate of drug-likeness (QED) is 0.590. The Morgan fingerprint density at radius 3 is 2.47 bits per heavy atom. The first-order valence-electron chi connectivity index (χ1n) is 10.6. The number of amides is 2. The van der Waals surface area contributed by atoms with E-state index >= 15 is 0 Å². The maximum atomic E-state index is 13.1. The average Bonchev–Trinajstić information content (AvgIpc) is 2.72. The Labute approximate surface area is 185 Å². The summed E-state index contributed by atoms with van der Waals surface area (Å²) in [6.07, 6.45) is 0.858. The molecule has 0 aliphatic carbocycles. The second-order valence-electron chi connectivity index (χ2n) is 7.92. The van der Waals surface area contributed by atoms with Gasteiger partial charge in [-0.15, -0.1) is 11.8 Å². The molecule has 0 bridgehead atoms. The lowest BCUT2D eigenvalue weighted by atomic mass is 10.1. The fourth-order valence-electron chi connectivity index (χ4n) is 3.16. The molecule has 0 spiro atoms. The number of hydrogen-bond acceptors (Lipinski definition) is 3. The molecular weight excluding hydrogens is 392 g/mol. The predicted molar refractivity (Wildman–Crippen MR) is 126 cm³/mol. The van der Waals surface area contributed by atoms with E-state index in [0.29, 0.717) is 12.3 Å². The minimum absolute atomic E-state index is 0.0121. The van der Waals surface area contributed by atoms with Gasteiger partial charge < -0.3 is 10.2 Å². The number of aryl methyl sites for hydroxylation is 2. The lowest BCUT2D eigenvalue weighted by molar-refractivity contribution is -0.138. The van der Waals surface area contributed by atoms with Crippen LogP contribution in [0.2, 0.25) is 0 Å². The van der Waals surface area contributed by atoms with E-state index in [1.807, 2.05) is 58.0 Å². The van der Waals surface area contributed by atoms with Crippen molar-refractivity contribution in [2.45, 2.75) is 65.4 Å². The summed E-state index contributed by atoms with van der Waals surface area (Å²) in [5, 5.41) is 3.01. The smallest absolute Gasteiger partial charge is 0.242 e. The fraction of sp³-hybridized carbons (Fsp3) is 0.440. The highest BCUT2D eigenvalue weighted by atomic mass is 32.2. The van der Waals surface area contributed by atoms with Crippen LogP contribution in [0.4, 0.5) is 0 Å². The van der Waals surface area contributed by atoms with E-state index < -0.39 is 6.04 Å². The molecule has 0 fully saturated rings. The second kappa shape index (κ2) is 11.8. The van der Waals surface area contributed by atoms with E-state index in [1.165, 1.54) is 11.1 Å². The molecule has 2 atom stereocenters. The molecule has 1 N–H and O–H groups in total. The lowest BCUT2D eigenvalue weighted by Crippen LogP contribution is -2.50. The maximum absolute atomic E-state index is 13.1. The average molecular weight is 427 g/mol. The SMILES string of the molecule is CC[C@@H](C)NC(=O)[C@@H](C)N(Cc1cccc(C)c1)C(=O)CSCc1ccccc1C. The number of carbonyl (C=O) groups is 2. The van der Waals surface area contributed by atoms with E-state index in [4.69, 9.17) is 0 Å². The monoisotopic (exact) mass is 426 g/mol. The normalized spacial score (nSPS) is 12.8. The maximum Gasteiger partial charge on any atom is 0.242 e. The number of hydrogen-bond donors (Lipinski definition) is 1. The van der Waals surface area contributed by atoms with Gasteiger partial charge in [0.05, 0.1) is 5.75 Å². The van der Waals surface area contributed by atoms with Crippen molar-refractivity contribution in [3.05, 3.63) is 70.8 Å². The zero-order chi connectivity index (χ0) is 22.1. The number of nitrogens with one attached hydrogen (secondary N) is 1. The van der Waals surface area contributed by atoms with Crippen LogP contribution < -0.4 is 5.32 Å². The van der Waals surface area contributed by atoms with Crippen molar-refractivity contribution in [3.8, 4) is 0 Å². The van der Waals surface area contributed by atoms with Gasteiger partial charge in [-0.1, -0.05) is 61.0 Å². The van der Waals surface area contributed by atoms with Gasteiger partial charge in [0.15, 0.2) is 0 Å². The van der Waals surface area contributed by atoms with E-state index in [0.717, 1.165) is 23.3 Å². The third-order valence-corrected chi connectivity index (χ3v) is 6.31. The number of nitrogens with zero attached hydrogens (tertiary/aromatic N) is 1. The van der Waals surface area contributed by atoms with Gasteiger partial charge in [0.1, 0.15) is 6.04 Å². The molecule has 5 heteroatoms.